The van der Waals surface area contributed by atoms with Gasteiger partial charge in [-0.05, 0) is 25.8 Å². The van der Waals surface area contributed by atoms with Gasteiger partial charge in [0.25, 0.3) is 0 Å². The van der Waals surface area contributed by atoms with Gasteiger partial charge in [0, 0.05) is 12.6 Å². The van der Waals surface area contributed by atoms with Crippen molar-refractivity contribution in [1.29, 1.82) is 0 Å². The highest BCUT2D eigenvalue weighted by molar-refractivity contribution is 7.15. The van der Waals surface area contributed by atoms with Crippen molar-refractivity contribution in [3.8, 4) is 0 Å². The molecule has 1 saturated heterocycles. The van der Waals surface area contributed by atoms with E-state index in [0.717, 1.165) is 6.42 Å². The van der Waals surface area contributed by atoms with Gasteiger partial charge in [-0.25, -0.2) is 0 Å². The summed E-state index contributed by atoms with van der Waals surface area (Å²) < 4.78 is 37.2. The Balaban J connectivity index is 2.16. The first-order valence-corrected chi connectivity index (χ1v) is 6.11. The Hall–Kier alpha value is -0.890. The van der Waals surface area contributed by atoms with Crippen LogP contribution in [-0.2, 0) is 6.18 Å². The molecule has 4 nitrogen and oxygen atoms in total. The van der Waals surface area contributed by atoms with E-state index in [9.17, 15) is 13.2 Å². The van der Waals surface area contributed by atoms with E-state index >= 15 is 0 Å². The van der Waals surface area contributed by atoms with E-state index in [2.05, 4.69) is 10.2 Å². The summed E-state index contributed by atoms with van der Waals surface area (Å²) in [6.07, 6.45) is -3.52. The highest BCUT2D eigenvalue weighted by Crippen LogP contribution is 2.37. The summed E-state index contributed by atoms with van der Waals surface area (Å²) in [5, 5.41) is 6.25. The number of hydrogen-bond donors (Lipinski definition) is 1. The molecule has 2 atom stereocenters. The van der Waals surface area contributed by atoms with E-state index in [1.54, 1.807) is 0 Å². The molecule has 17 heavy (non-hydrogen) atoms. The van der Waals surface area contributed by atoms with Crippen molar-refractivity contribution in [2.24, 2.45) is 11.7 Å². The van der Waals surface area contributed by atoms with Crippen LogP contribution < -0.4 is 10.6 Å². The molecule has 8 heteroatoms. The molecule has 0 bridgehead atoms. The molecule has 1 aromatic rings. The van der Waals surface area contributed by atoms with E-state index in [0.29, 0.717) is 35.5 Å². The largest absolute Gasteiger partial charge is 0.445 e. The molecule has 0 spiro atoms. The number of nitrogens with zero attached hydrogens (tertiary/aromatic N) is 3. The second kappa shape index (κ2) is 4.41. The van der Waals surface area contributed by atoms with Crippen molar-refractivity contribution in [2.45, 2.75) is 25.6 Å². The molecule has 1 aliphatic heterocycles. The highest BCUT2D eigenvalue weighted by Gasteiger charge is 2.38. The lowest BCUT2D eigenvalue weighted by Crippen LogP contribution is -2.27. The number of aromatic nitrogens is 2. The van der Waals surface area contributed by atoms with Gasteiger partial charge >= 0.3 is 6.18 Å². The Kier molecular flexibility index (Phi) is 3.26. The fraction of sp³-hybridized carbons (Fsp3) is 0.778. The zero-order chi connectivity index (χ0) is 12.6. The van der Waals surface area contributed by atoms with Crippen LogP contribution in [0.5, 0.6) is 0 Å². The minimum absolute atomic E-state index is 0.164. The lowest BCUT2D eigenvalue weighted by molar-refractivity contribution is -0.138. The van der Waals surface area contributed by atoms with Crippen LogP contribution in [-0.4, -0.2) is 29.3 Å². The normalized spacial score (nSPS) is 25.6. The number of halogens is 3. The molecule has 0 radical (unpaired) electrons. The molecule has 0 amide bonds. The highest BCUT2D eigenvalue weighted by atomic mass is 32.1. The third-order valence-corrected chi connectivity index (χ3v) is 3.90. The molecule has 0 aliphatic carbocycles. The lowest BCUT2D eigenvalue weighted by atomic mass is 10.1. The molecule has 2 heterocycles. The Morgan fingerprint density at radius 3 is 2.65 bits per heavy atom. The van der Waals surface area contributed by atoms with Crippen molar-refractivity contribution < 1.29 is 13.2 Å². The summed E-state index contributed by atoms with van der Waals surface area (Å²) in [5.41, 5.74) is 5.57. The predicted molar refractivity (Wildman–Crippen MR) is 58.9 cm³/mol. The number of alkyl halides is 3. The predicted octanol–water partition coefficient (Wildman–Crippen LogP) is 1.73. The summed E-state index contributed by atoms with van der Waals surface area (Å²) in [7, 11) is 0. The number of rotatable bonds is 2. The van der Waals surface area contributed by atoms with Crippen LogP contribution in [0.2, 0.25) is 0 Å². The lowest BCUT2D eigenvalue weighted by Gasteiger charge is -2.19. The molecule has 1 aliphatic rings. The molecular formula is C9H13F3N4S. The molecule has 1 aromatic heterocycles. The molecule has 2 rings (SSSR count). The van der Waals surface area contributed by atoms with Crippen LogP contribution in [0.15, 0.2) is 0 Å². The Labute approximate surface area is 101 Å². The Bertz CT molecular complexity index is 392. The second-order valence-corrected chi connectivity index (χ2v) is 5.18. The van der Waals surface area contributed by atoms with Gasteiger partial charge in [-0.2, -0.15) is 13.2 Å². The van der Waals surface area contributed by atoms with E-state index in [1.165, 1.54) is 0 Å². The van der Waals surface area contributed by atoms with Crippen molar-refractivity contribution in [3.05, 3.63) is 5.01 Å². The fourth-order valence-corrected chi connectivity index (χ4v) is 2.85. The van der Waals surface area contributed by atoms with E-state index < -0.39 is 11.2 Å². The summed E-state index contributed by atoms with van der Waals surface area (Å²) >= 11 is 0.591. The van der Waals surface area contributed by atoms with Gasteiger partial charge < -0.3 is 10.6 Å². The quantitative estimate of drug-likeness (QED) is 0.885. The SMILES string of the molecule is CC1CC(CN)CN1c1nnc(C(F)(F)F)s1. The summed E-state index contributed by atoms with van der Waals surface area (Å²) in [5.74, 6) is 0.322. The zero-order valence-electron chi connectivity index (χ0n) is 9.24. The van der Waals surface area contributed by atoms with Gasteiger partial charge in [0.05, 0.1) is 0 Å². The standard InChI is InChI=1S/C9H13F3N4S/c1-5-2-6(3-13)4-16(5)8-15-14-7(17-8)9(10,11)12/h5-6H,2-4,13H2,1H3. The summed E-state index contributed by atoms with van der Waals surface area (Å²) in [6, 6.07) is 0.164. The average Bonchev–Trinajstić information content (AvgIpc) is 2.82. The topological polar surface area (TPSA) is 55.0 Å². The Morgan fingerprint density at radius 2 is 2.18 bits per heavy atom. The molecule has 96 valence electrons. The van der Waals surface area contributed by atoms with Crippen LogP contribution in [0.4, 0.5) is 18.3 Å². The van der Waals surface area contributed by atoms with E-state index in [1.807, 2.05) is 11.8 Å². The van der Waals surface area contributed by atoms with E-state index in [-0.39, 0.29) is 6.04 Å². The van der Waals surface area contributed by atoms with Gasteiger partial charge in [-0.15, -0.1) is 10.2 Å². The molecule has 0 saturated carbocycles. The minimum atomic E-state index is -4.41. The maximum Gasteiger partial charge on any atom is 0.445 e. The maximum absolute atomic E-state index is 12.4. The Morgan fingerprint density at radius 1 is 1.47 bits per heavy atom. The van der Waals surface area contributed by atoms with Crippen molar-refractivity contribution >= 4 is 16.5 Å². The van der Waals surface area contributed by atoms with Gasteiger partial charge in [0.15, 0.2) is 0 Å². The van der Waals surface area contributed by atoms with Gasteiger partial charge in [0.2, 0.25) is 10.1 Å². The van der Waals surface area contributed by atoms with Crippen LogP contribution >= 0.6 is 11.3 Å². The first-order valence-electron chi connectivity index (χ1n) is 5.29. The van der Waals surface area contributed by atoms with Crippen molar-refractivity contribution in [2.75, 3.05) is 18.0 Å². The van der Waals surface area contributed by atoms with Gasteiger partial charge in [-0.3, -0.25) is 0 Å². The number of hydrogen-bond acceptors (Lipinski definition) is 5. The monoisotopic (exact) mass is 266 g/mol. The van der Waals surface area contributed by atoms with Crippen LogP contribution in [0.1, 0.15) is 18.4 Å². The van der Waals surface area contributed by atoms with Crippen LogP contribution in [0.3, 0.4) is 0 Å². The average molecular weight is 266 g/mol. The number of nitrogens with two attached hydrogens (primary N) is 1. The molecular weight excluding hydrogens is 253 g/mol. The maximum atomic E-state index is 12.4. The first-order chi connectivity index (χ1) is 7.91. The first kappa shape index (κ1) is 12.6. The van der Waals surface area contributed by atoms with Crippen molar-refractivity contribution in [3.63, 3.8) is 0 Å². The van der Waals surface area contributed by atoms with Crippen LogP contribution in [0, 0.1) is 5.92 Å². The third-order valence-electron chi connectivity index (χ3n) is 2.90. The third kappa shape index (κ3) is 2.52. The molecule has 0 aromatic carbocycles. The fourth-order valence-electron chi connectivity index (χ4n) is 2.03. The molecule has 1 fully saturated rings. The van der Waals surface area contributed by atoms with Crippen LogP contribution in [0.25, 0.3) is 0 Å². The summed E-state index contributed by atoms with van der Waals surface area (Å²) in [4.78, 5) is 1.85. The zero-order valence-corrected chi connectivity index (χ0v) is 10.1. The van der Waals surface area contributed by atoms with E-state index in [4.69, 9.17) is 5.73 Å². The second-order valence-electron chi connectivity index (χ2n) is 4.23. The molecule has 2 unspecified atom stereocenters. The minimum Gasteiger partial charge on any atom is -0.344 e. The molecule has 2 N–H and O–H groups in total. The van der Waals surface area contributed by atoms with Gasteiger partial charge in [0.1, 0.15) is 0 Å². The van der Waals surface area contributed by atoms with Gasteiger partial charge in [-0.1, -0.05) is 11.3 Å². The summed E-state index contributed by atoms with van der Waals surface area (Å²) in [6.45, 7) is 3.17. The number of anilines is 1. The van der Waals surface area contributed by atoms with Crippen molar-refractivity contribution in [1.82, 2.24) is 10.2 Å². The smallest absolute Gasteiger partial charge is 0.344 e.